The van der Waals surface area contributed by atoms with Crippen LogP contribution in [-0.2, 0) is 0 Å². The fourth-order valence-electron chi connectivity index (χ4n) is 3.21. The molecule has 1 fully saturated rings. The summed E-state index contributed by atoms with van der Waals surface area (Å²) in [6.45, 7) is 2.64. The molecular formula is C18H18N6OS. The average molecular weight is 366 g/mol. The van der Waals surface area contributed by atoms with Crippen molar-refractivity contribution in [1.29, 1.82) is 0 Å². The minimum absolute atomic E-state index is 0.0504. The highest BCUT2D eigenvalue weighted by Crippen LogP contribution is 2.34. The van der Waals surface area contributed by atoms with Crippen LogP contribution in [0.1, 0.15) is 39.8 Å². The molecule has 3 aromatic heterocycles. The van der Waals surface area contributed by atoms with Crippen molar-refractivity contribution in [1.82, 2.24) is 24.8 Å². The lowest BCUT2D eigenvalue weighted by Gasteiger charge is -2.25. The summed E-state index contributed by atoms with van der Waals surface area (Å²) in [6, 6.07) is 4.00. The molecule has 4 rings (SSSR count). The van der Waals surface area contributed by atoms with Gasteiger partial charge in [-0.25, -0.2) is 15.0 Å². The number of hydrogen-bond acceptors (Lipinski definition) is 7. The number of thiazole rings is 1. The van der Waals surface area contributed by atoms with Crippen LogP contribution in [0.25, 0.3) is 0 Å². The van der Waals surface area contributed by atoms with E-state index in [-0.39, 0.29) is 11.9 Å². The Bertz CT molecular complexity index is 913. The van der Waals surface area contributed by atoms with E-state index in [9.17, 15) is 4.79 Å². The molecule has 0 aromatic carbocycles. The van der Waals surface area contributed by atoms with Crippen LogP contribution in [0.3, 0.4) is 0 Å². The van der Waals surface area contributed by atoms with Crippen LogP contribution in [0.5, 0.6) is 0 Å². The number of rotatable bonds is 4. The first kappa shape index (κ1) is 16.6. The summed E-state index contributed by atoms with van der Waals surface area (Å²) < 4.78 is 0. The zero-order valence-corrected chi connectivity index (χ0v) is 15.1. The van der Waals surface area contributed by atoms with Crippen molar-refractivity contribution in [3.8, 4) is 0 Å². The molecule has 1 aliphatic heterocycles. The van der Waals surface area contributed by atoms with Gasteiger partial charge in [-0.05, 0) is 37.5 Å². The van der Waals surface area contributed by atoms with E-state index in [1.807, 2.05) is 24.0 Å². The summed E-state index contributed by atoms with van der Waals surface area (Å²) >= 11 is 1.40. The zero-order chi connectivity index (χ0) is 17.9. The van der Waals surface area contributed by atoms with Crippen LogP contribution in [0.4, 0.5) is 11.6 Å². The maximum atomic E-state index is 12.9. The predicted octanol–water partition coefficient (Wildman–Crippen LogP) is 3.36. The highest BCUT2D eigenvalue weighted by atomic mass is 32.1. The Hall–Kier alpha value is -2.87. The fourth-order valence-corrected chi connectivity index (χ4v) is 3.97. The molecule has 0 saturated carbocycles. The normalized spacial score (nSPS) is 16.7. The Labute approximate surface area is 155 Å². The molecule has 26 heavy (non-hydrogen) atoms. The van der Waals surface area contributed by atoms with Gasteiger partial charge in [0, 0.05) is 25.1 Å². The van der Waals surface area contributed by atoms with Crippen LogP contribution in [0.15, 0.2) is 42.4 Å². The van der Waals surface area contributed by atoms with Crippen LogP contribution in [-0.4, -0.2) is 37.3 Å². The first-order valence-corrected chi connectivity index (χ1v) is 9.30. The summed E-state index contributed by atoms with van der Waals surface area (Å²) in [6.07, 6.45) is 8.58. The molecule has 0 aliphatic carbocycles. The lowest BCUT2D eigenvalue weighted by molar-refractivity contribution is 0.0739. The molecule has 1 atom stereocenters. The lowest BCUT2D eigenvalue weighted by Crippen LogP contribution is -2.30. The van der Waals surface area contributed by atoms with Gasteiger partial charge in [-0.3, -0.25) is 9.78 Å². The smallest absolute Gasteiger partial charge is 0.266 e. The summed E-state index contributed by atoms with van der Waals surface area (Å²) in [5.41, 5.74) is 3.59. The molecule has 1 amide bonds. The molecule has 132 valence electrons. The van der Waals surface area contributed by atoms with Gasteiger partial charge in [0.2, 0.25) is 0 Å². The highest BCUT2D eigenvalue weighted by Gasteiger charge is 2.32. The number of amides is 1. The molecule has 4 heterocycles. The highest BCUT2D eigenvalue weighted by molar-refractivity contribution is 7.11. The Kier molecular flexibility index (Phi) is 4.57. The average Bonchev–Trinajstić information content (AvgIpc) is 3.31. The number of carbonyl (C=O) groups excluding carboxylic acids is 1. The van der Waals surface area contributed by atoms with E-state index in [1.165, 1.54) is 11.3 Å². The Balaban J connectivity index is 1.57. The molecule has 3 aromatic rings. The fraction of sp³-hybridized carbons (Fsp3) is 0.278. The van der Waals surface area contributed by atoms with Crippen LogP contribution in [0.2, 0.25) is 0 Å². The number of likely N-dealkylation sites (tertiary alicyclic amines) is 1. The van der Waals surface area contributed by atoms with Crippen molar-refractivity contribution < 1.29 is 4.79 Å². The number of pyridine rings is 1. The van der Waals surface area contributed by atoms with E-state index < -0.39 is 0 Å². The van der Waals surface area contributed by atoms with Crippen molar-refractivity contribution in [3.63, 3.8) is 0 Å². The van der Waals surface area contributed by atoms with Crippen molar-refractivity contribution in [2.45, 2.75) is 25.8 Å². The first-order valence-electron chi connectivity index (χ1n) is 8.42. The van der Waals surface area contributed by atoms with Gasteiger partial charge in [-0.1, -0.05) is 0 Å². The van der Waals surface area contributed by atoms with Gasteiger partial charge in [-0.15, -0.1) is 11.3 Å². The van der Waals surface area contributed by atoms with E-state index >= 15 is 0 Å². The molecule has 1 saturated heterocycles. The molecule has 1 N–H and O–H groups in total. The second-order valence-corrected chi connectivity index (χ2v) is 6.97. The van der Waals surface area contributed by atoms with Crippen LogP contribution < -0.4 is 5.32 Å². The summed E-state index contributed by atoms with van der Waals surface area (Å²) in [5.74, 6) is 1.39. The topological polar surface area (TPSA) is 83.9 Å². The molecular weight excluding hydrogens is 348 g/mol. The van der Waals surface area contributed by atoms with E-state index in [2.05, 4.69) is 25.3 Å². The molecule has 0 bridgehead atoms. The van der Waals surface area contributed by atoms with E-state index in [4.69, 9.17) is 0 Å². The van der Waals surface area contributed by atoms with Gasteiger partial charge in [0.25, 0.3) is 5.91 Å². The molecule has 1 aliphatic rings. The molecule has 7 nitrogen and oxygen atoms in total. The molecule has 0 spiro atoms. The third-order valence-electron chi connectivity index (χ3n) is 4.44. The van der Waals surface area contributed by atoms with Gasteiger partial charge in [0.15, 0.2) is 0 Å². The molecule has 0 radical (unpaired) electrons. The quantitative estimate of drug-likeness (QED) is 0.762. The summed E-state index contributed by atoms with van der Waals surface area (Å²) in [7, 11) is 0. The van der Waals surface area contributed by atoms with Gasteiger partial charge in [0.05, 0.1) is 23.4 Å². The standard InChI is InChI=1S/C18H18N6OS/c1-12-17(26-11-22-12)18(25)24-8-2-3-14(24)13-4-5-20-15(9-13)23-16-10-19-6-7-21-16/h4-7,9-11,14H,2-3,8H2,1H3,(H,20,21,23)/t14-/m1/s1. The maximum Gasteiger partial charge on any atom is 0.266 e. The van der Waals surface area contributed by atoms with Crippen LogP contribution >= 0.6 is 11.3 Å². The number of hydrogen-bond donors (Lipinski definition) is 1. The van der Waals surface area contributed by atoms with Crippen molar-refractivity contribution in [3.05, 3.63) is 58.6 Å². The SMILES string of the molecule is Cc1ncsc1C(=O)N1CCC[C@@H]1c1ccnc(Nc2cnccn2)c1. The third-order valence-corrected chi connectivity index (χ3v) is 5.36. The number of aromatic nitrogens is 4. The van der Waals surface area contributed by atoms with E-state index in [0.717, 1.165) is 35.5 Å². The number of carbonyl (C=O) groups is 1. The third kappa shape index (κ3) is 3.28. The Morgan fingerprint density at radius 2 is 2.12 bits per heavy atom. The Morgan fingerprint density at radius 3 is 2.88 bits per heavy atom. The monoisotopic (exact) mass is 366 g/mol. The minimum Gasteiger partial charge on any atom is -0.331 e. The predicted molar refractivity (Wildman–Crippen MR) is 99.4 cm³/mol. The number of nitrogens with one attached hydrogen (secondary N) is 1. The Morgan fingerprint density at radius 1 is 1.23 bits per heavy atom. The van der Waals surface area contributed by atoms with Crippen LogP contribution in [0, 0.1) is 6.92 Å². The van der Waals surface area contributed by atoms with Gasteiger partial charge in [-0.2, -0.15) is 0 Å². The van der Waals surface area contributed by atoms with Gasteiger partial charge < -0.3 is 10.2 Å². The van der Waals surface area contributed by atoms with Crippen molar-refractivity contribution in [2.75, 3.05) is 11.9 Å². The lowest BCUT2D eigenvalue weighted by atomic mass is 10.1. The number of anilines is 2. The molecule has 8 heteroatoms. The van der Waals surface area contributed by atoms with Crippen molar-refractivity contribution in [2.24, 2.45) is 0 Å². The minimum atomic E-state index is 0.0504. The summed E-state index contributed by atoms with van der Waals surface area (Å²) in [5, 5.41) is 3.15. The van der Waals surface area contributed by atoms with E-state index in [0.29, 0.717) is 11.6 Å². The largest absolute Gasteiger partial charge is 0.331 e. The second kappa shape index (κ2) is 7.17. The summed E-state index contributed by atoms with van der Waals surface area (Å²) in [4.78, 5) is 32.4. The van der Waals surface area contributed by atoms with Gasteiger partial charge in [0.1, 0.15) is 16.5 Å². The molecule has 0 unspecified atom stereocenters. The second-order valence-electron chi connectivity index (χ2n) is 6.11. The number of nitrogens with zero attached hydrogens (tertiary/aromatic N) is 5. The van der Waals surface area contributed by atoms with E-state index in [1.54, 1.807) is 30.3 Å². The number of aryl methyl sites for hydroxylation is 1. The van der Waals surface area contributed by atoms with Gasteiger partial charge >= 0.3 is 0 Å². The first-order chi connectivity index (χ1) is 12.7. The maximum absolute atomic E-state index is 12.9. The zero-order valence-electron chi connectivity index (χ0n) is 14.3. The van der Waals surface area contributed by atoms with Crippen molar-refractivity contribution >= 4 is 28.9 Å².